The highest BCUT2D eigenvalue weighted by Crippen LogP contribution is 2.16. The van der Waals surface area contributed by atoms with Crippen LogP contribution < -0.4 is 10.9 Å². The quantitative estimate of drug-likeness (QED) is 0.498. The van der Waals surface area contributed by atoms with Gasteiger partial charge in [-0.1, -0.05) is 48.0 Å². The minimum atomic E-state index is -1.33. The van der Waals surface area contributed by atoms with Gasteiger partial charge in [0.25, 0.3) is 5.56 Å². The average Bonchev–Trinajstić information content (AvgIpc) is 2.91. The summed E-state index contributed by atoms with van der Waals surface area (Å²) in [7, 11) is 1.70. The molecule has 0 unspecified atom stereocenters. The molecule has 2 aromatic carbocycles. The molecule has 3 aromatic rings. The van der Waals surface area contributed by atoms with Crippen molar-refractivity contribution in [2.45, 2.75) is 13.8 Å². The number of carboxylic acid groups (broad SMARTS) is 1. The Balaban J connectivity index is 2.00. The molecule has 0 radical (unpaired) electrons. The Morgan fingerprint density at radius 2 is 1.62 bits per heavy atom. The molecule has 1 aromatic heterocycles. The molecule has 3 rings (SSSR count). The number of ketones is 1. The second-order valence-electron chi connectivity index (χ2n) is 6.65. The lowest BCUT2D eigenvalue weighted by atomic mass is 10.1. The molecule has 29 heavy (non-hydrogen) atoms. The SMILES string of the molecule is Cc1ccc(C(=O)C=C(Nc2c(C)n(C)n(-c3ccccc3)c2=O)C(=O)O)cc1. The number of allylic oxidation sites excluding steroid dienone is 1. The zero-order valence-corrected chi connectivity index (χ0v) is 16.3. The van der Waals surface area contributed by atoms with Gasteiger partial charge in [0.2, 0.25) is 0 Å². The maximum Gasteiger partial charge on any atom is 0.352 e. The molecule has 0 saturated heterocycles. The first-order chi connectivity index (χ1) is 13.8. The minimum Gasteiger partial charge on any atom is -0.477 e. The third-order valence-corrected chi connectivity index (χ3v) is 4.66. The summed E-state index contributed by atoms with van der Waals surface area (Å²) in [5.74, 6) is -1.80. The van der Waals surface area contributed by atoms with E-state index in [9.17, 15) is 19.5 Å². The van der Waals surface area contributed by atoms with E-state index in [1.54, 1.807) is 67.2 Å². The summed E-state index contributed by atoms with van der Waals surface area (Å²) in [6, 6.07) is 15.8. The Morgan fingerprint density at radius 1 is 1.00 bits per heavy atom. The van der Waals surface area contributed by atoms with Crippen LogP contribution in [-0.2, 0) is 11.8 Å². The Bertz CT molecular complexity index is 1150. The zero-order chi connectivity index (χ0) is 21.1. The normalized spacial score (nSPS) is 11.3. The van der Waals surface area contributed by atoms with E-state index < -0.39 is 17.3 Å². The number of aromatic nitrogens is 2. The highest BCUT2D eigenvalue weighted by molar-refractivity contribution is 6.09. The third kappa shape index (κ3) is 4.03. The average molecular weight is 391 g/mol. The number of para-hydroxylation sites is 1. The first-order valence-electron chi connectivity index (χ1n) is 8.96. The van der Waals surface area contributed by atoms with Gasteiger partial charge in [-0.25, -0.2) is 9.48 Å². The van der Waals surface area contributed by atoms with E-state index in [1.165, 1.54) is 4.68 Å². The molecular weight excluding hydrogens is 370 g/mol. The minimum absolute atomic E-state index is 0.0988. The van der Waals surface area contributed by atoms with Crippen molar-refractivity contribution in [3.63, 3.8) is 0 Å². The number of nitrogens with zero attached hydrogens (tertiary/aromatic N) is 2. The molecule has 148 valence electrons. The van der Waals surface area contributed by atoms with Crippen LogP contribution in [0.25, 0.3) is 5.69 Å². The predicted octanol–water partition coefficient (Wildman–Crippen LogP) is 3.06. The zero-order valence-electron chi connectivity index (χ0n) is 16.3. The maximum absolute atomic E-state index is 12.9. The van der Waals surface area contributed by atoms with Crippen LogP contribution in [-0.4, -0.2) is 26.2 Å². The molecule has 0 saturated carbocycles. The summed E-state index contributed by atoms with van der Waals surface area (Å²) in [6.07, 6.45) is 0.992. The highest BCUT2D eigenvalue weighted by Gasteiger charge is 2.20. The van der Waals surface area contributed by atoms with Crippen LogP contribution in [0.5, 0.6) is 0 Å². The van der Waals surface area contributed by atoms with Crippen molar-refractivity contribution in [3.05, 3.63) is 93.5 Å². The lowest BCUT2D eigenvalue weighted by Crippen LogP contribution is -2.22. The number of aryl methyl sites for hydroxylation is 1. The molecule has 0 aliphatic heterocycles. The number of nitrogens with one attached hydrogen (secondary N) is 1. The van der Waals surface area contributed by atoms with E-state index >= 15 is 0 Å². The lowest BCUT2D eigenvalue weighted by Gasteiger charge is -2.07. The number of aliphatic carboxylic acids is 1. The van der Waals surface area contributed by atoms with Crippen molar-refractivity contribution in [3.8, 4) is 5.69 Å². The number of carbonyl (C=O) groups is 2. The number of anilines is 1. The Kier molecular flexibility index (Phi) is 5.50. The van der Waals surface area contributed by atoms with Gasteiger partial charge < -0.3 is 10.4 Å². The van der Waals surface area contributed by atoms with E-state index in [-0.39, 0.29) is 11.4 Å². The number of carboxylic acids is 1. The summed E-state index contributed by atoms with van der Waals surface area (Å²) >= 11 is 0. The van der Waals surface area contributed by atoms with E-state index in [0.717, 1.165) is 11.6 Å². The van der Waals surface area contributed by atoms with Crippen molar-refractivity contribution in [1.29, 1.82) is 0 Å². The molecule has 0 spiro atoms. The predicted molar refractivity (Wildman–Crippen MR) is 111 cm³/mol. The van der Waals surface area contributed by atoms with E-state index in [0.29, 0.717) is 16.9 Å². The fourth-order valence-electron chi connectivity index (χ4n) is 2.93. The first-order valence-corrected chi connectivity index (χ1v) is 8.96. The molecule has 7 heteroatoms. The number of hydrogen-bond acceptors (Lipinski definition) is 4. The van der Waals surface area contributed by atoms with Crippen LogP contribution >= 0.6 is 0 Å². The lowest BCUT2D eigenvalue weighted by molar-refractivity contribution is -0.132. The second-order valence-corrected chi connectivity index (χ2v) is 6.65. The summed E-state index contributed by atoms with van der Waals surface area (Å²) in [5, 5.41) is 12.2. The Labute approximate surface area is 167 Å². The molecule has 0 aliphatic carbocycles. The molecule has 1 heterocycles. The summed E-state index contributed by atoms with van der Waals surface area (Å²) in [6.45, 7) is 3.59. The largest absolute Gasteiger partial charge is 0.477 e. The van der Waals surface area contributed by atoms with Gasteiger partial charge in [0.1, 0.15) is 11.4 Å². The van der Waals surface area contributed by atoms with Crippen molar-refractivity contribution in [2.24, 2.45) is 7.05 Å². The van der Waals surface area contributed by atoms with Crippen LogP contribution in [0.3, 0.4) is 0 Å². The van der Waals surface area contributed by atoms with Crippen molar-refractivity contribution < 1.29 is 14.7 Å². The fraction of sp³-hybridized carbons (Fsp3) is 0.136. The summed E-state index contributed by atoms with van der Waals surface area (Å²) < 4.78 is 3.06. The van der Waals surface area contributed by atoms with Gasteiger partial charge in [-0.05, 0) is 26.0 Å². The van der Waals surface area contributed by atoms with Crippen LogP contribution in [0.2, 0.25) is 0 Å². The van der Waals surface area contributed by atoms with Gasteiger partial charge in [-0.3, -0.25) is 14.3 Å². The van der Waals surface area contributed by atoms with Crippen molar-refractivity contribution in [2.75, 3.05) is 5.32 Å². The first kappa shape index (κ1) is 19.9. The molecule has 0 bridgehead atoms. The number of carbonyl (C=O) groups excluding carboxylic acids is 1. The summed E-state index contributed by atoms with van der Waals surface area (Å²) in [4.78, 5) is 37.1. The molecule has 2 N–H and O–H groups in total. The molecule has 0 aliphatic rings. The van der Waals surface area contributed by atoms with Gasteiger partial charge in [0.15, 0.2) is 5.78 Å². The maximum atomic E-state index is 12.9. The molecule has 0 atom stereocenters. The number of benzene rings is 2. The van der Waals surface area contributed by atoms with Crippen LogP contribution in [0.15, 0.2) is 71.2 Å². The van der Waals surface area contributed by atoms with Gasteiger partial charge in [0, 0.05) is 18.7 Å². The Hall–Kier alpha value is -3.87. The van der Waals surface area contributed by atoms with E-state index in [1.807, 2.05) is 13.0 Å². The van der Waals surface area contributed by atoms with E-state index in [4.69, 9.17) is 0 Å². The monoisotopic (exact) mass is 391 g/mol. The fourth-order valence-corrected chi connectivity index (χ4v) is 2.93. The number of rotatable bonds is 6. The molecule has 7 nitrogen and oxygen atoms in total. The van der Waals surface area contributed by atoms with Gasteiger partial charge in [-0.15, -0.1) is 0 Å². The number of hydrogen-bond donors (Lipinski definition) is 2. The van der Waals surface area contributed by atoms with Crippen LogP contribution in [0, 0.1) is 13.8 Å². The topological polar surface area (TPSA) is 93.3 Å². The molecule has 0 fully saturated rings. The standard InChI is InChI=1S/C22H21N3O4/c1-14-9-11-16(12-10-14)19(26)13-18(22(28)29)23-20-15(2)24(3)25(21(20)27)17-7-5-4-6-8-17/h4-13,23H,1-3H3,(H,28,29). The Morgan fingerprint density at radius 3 is 2.21 bits per heavy atom. The summed E-state index contributed by atoms with van der Waals surface area (Å²) in [5.41, 5.74) is 1.85. The van der Waals surface area contributed by atoms with Crippen molar-refractivity contribution in [1.82, 2.24) is 9.36 Å². The van der Waals surface area contributed by atoms with Crippen molar-refractivity contribution >= 4 is 17.4 Å². The smallest absolute Gasteiger partial charge is 0.352 e. The van der Waals surface area contributed by atoms with Gasteiger partial charge in [0.05, 0.1) is 11.4 Å². The third-order valence-electron chi connectivity index (χ3n) is 4.66. The second kappa shape index (κ2) is 8.02. The van der Waals surface area contributed by atoms with Crippen LogP contribution in [0.4, 0.5) is 5.69 Å². The van der Waals surface area contributed by atoms with Crippen LogP contribution in [0.1, 0.15) is 21.6 Å². The van der Waals surface area contributed by atoms with E-state index in [2.05, 4.69) is 5.32 Å². The molecule has 0 amide bonds. The van der Waals surface area contributed by atoms with Gasteiger partial charge >= 0.3 is 5.97 Å². The van der Waals surface area contributed by atoms with Gasteiger partial charge in [-0.2, -0.15) is 0 Å². The highest BCUT2D eigenvalue weighted by atomic mass is 16.4. The molecular formula is C22H21N3O4.